The molecule has 8 heteroatoms. The van der Waals surface area contributed by atoms with Crippen LogP contribution in [0.4, 0.5) is 24.7 Å². The third-order valence-electron chi connectivity index (χ3n) is 3.17. The number of alkyl halides is 3. The molecule has 2 heterocycles. The van der Waals surface area contributed by atoms with Crippen LogP contribution in [0.15, 0.2) is 36.5 Å². The monoisotopic (exact) mass is 326 g/mol. The second kappa shape index (κ2) is 5.17. The summed E-state index contributed by atoms with van der Waals surface area (Å²) in [5.74, 6) is 0.454. The predicted molar refractivity (Wildman–Crippen MR) is 78.2 cm³/mol. The molecule has 0 saturated heterocycles. The Morgan fingerprint density at radius 2 is 1.95 bits per heavy atom. The quantitative estimate of drug-likeness (QED) is 0.710. The third kappa shape index (κ3) is 2.71. The number of nitrogens with zero attached hydrogens (tertiary/aromatic N) is 3. The van der Waals surface area contributed by atoms with Crippen LogP contribution in [0.1, 0.15) is 5.56 Å². The number of benzene rings is 1. The number of nitrogens with one attached hydrogen (secondary N) is 1. The molecule has 2 aromatic heterocycles. The average Bonchev–Trinajstić information content (AvgIpc) is 2.77. The van der Waals surface area contributed by atoms with Crippen molar-refractivity contribution < 1.29 is 13.2 Å². The van der Waals surface area contributed by atoms with E-state index in [4.69, 9.17) is 11.6 Å². The topological polar surface area (TPSA) is 42.7 Å². The van der Waals surface area contributed by atoms with Gasteiger partial charge in [-0.2, -0.15) is 18.3 Å². The molecule has 3 rings (SSSR count). The molecule has 0 aliphatic carbocycles. The van der Waals surface area contributed by atoms with Gasteiger partial charge in [0.05, 0.1) is 23.0 Å². The molecule has 0 aliphatic heterocycles. The van der Waals surface area contributed by atoms with Gasteiger partial charge in [-0.3, -0.25) is 4.68 Å². The van der Waals surface area contributed by atoms with Crippen molar-refractivity contribution in [1.29, 1.82) is 0 Å². The zero-order valence-corrected chi connectivity index (χ0v) is 12.1. The Morgan fingerprint density at radius 1 is 1.18 bits per heavy atom. The molecule has 0 aliphatic rings. The minimum Gasteiger partial charge on any atom is -0.337 e. The van der Waals surface area contributed by atoms with Gasteiger partial charge in [-0.05, 0) is 30.3 Å². The Kier molecular flexibility index (Phi) is 3.44. The lowest BCUT2D eigenvalue weighted by Gasteiger charge is -2.07. The van der Waals surface area contributed by atoms with Gasteiger partial charge in [0.25, 0.3) is 0 Å². The molecule has 0 bridgehead atoms. The number of hydrogen-bond donors (Lipinski definition) is 1. The highest BCUT2D eigenvalue weighted by Crippen LogP contribution is 2.33. The van der Waals surface area contributed by atoms with E-state index in [1.807, 2.05) is 0 Å². The van der Waals surface area contributed by atoms with Gasteiger partial charge in [0, 0.05) is 12.4 Å². The molecule has 0 amide bonds. The Bertz CT molecular complexity index is 824. The fourth-order valence-electron chi connectivity index (χ4n) is 2.11. The lowest BCUT2D eigenvalue weighted by atomic mass is 10.1. The van der Waals surface area contributed by atoms with Crippen LogP contribution in [0, 0.1) is 0 Å². The molecule has 3 aromatic rings. The largest absolute Gasteiger partial charge is 0.416 e. The molecule has 0 saturated carbocycles. The van der Waals surface area contributed by atoms with E-state index in [-0.39, 0.29) is 0 Å². The van der Waals surface area contributed by atoms with Crippen LogP contribution >= 0.6 is 11.6 Å². The van der Waals surface area contributed by atoms with E-state index in [1.165, 1.54) is 16.9 Å². The van der Waals surface area contributed by atoms with Gasteiger partial charge in [-0.1, -0.05) is 11.6 Å². The van der Waals surface area contributed by atoms with Gasteiger partial charge in [-0.15, -0.1) is 0 Å². The second-order valence-electron chi connectivity index (χ2n) is 4.70. The SMILES string of the molecule is Cn1nc(Nc2ccc(Cl)nc2)c2ccc(C(F)(F)F)cc21. The van der Waals surface area contributed by atoms with Crippen LogP contribution in [0.2, 0.25) is 5.15 Å². The van der Waals surface area contributed by atoms with E-state index in [0.29, 0.717) is 27.6 Å². The van der Waals surface area contributed by atoms with Crippen LogP contribution in [-0.2, 0) is 13.2 Å². The van der Waals surface area contributed by atoms with Crippen molar-refractivity contribution in [3.63, 3.8) is 0 Å². The van der Waals surface area contributed by atoms with E-state index in [9.17, 15) is 13.2 Å². The summed E-state index contributed by atoms with van der Waals surface area (Å²) in [6.45, 7) is 0. The first-order chi connectivity index (χ1) is 10.3. The second-order valence-corrected chi connectivity index (χ2v) is 5.08. The lowest BCUT2D eigenvalue weighted by molar-refractivity contribution is -0.137. The Hall–Kier alpha value is -2.28. The molecule has 22 heavy (non-hydrogen) atoms. The van der Waals surface area contributed by atoms with E-state index >= 15 is 0 Å². The van der Waals surface area contributed by atoms with Crippen LogP contribution in [0.5, 0.6) is 0 Å². The van der Waals surface area contributed by atoms with Crippen LogP contribution in [0.3, 0.4) is 0 Å². The molecule has 1 aromatic carbocycles. The Morgan fingerprint density at radius 3 is 2.59 bits per heavy atom. The smallest absolute Gasteiger partial charge is 0.337 e. The molecule has 0 unspecified atom stereocenters. The number of halogens is 4. The minimum absolute atomic E-state index is 0.353. The highest BCUT2D eigenvalue weighted by Gasteiger charge is 2.31. The first kappa shape index (κ1) is 14.6. The fraction of sp³-hybridized carbons (Fsp3) is 0.143. The van der Waals surface area contributed by atoms with Gasteiger partial charge < -0.3 is 5.32 Å². The fourth-order valence-corrected chi connectivity index (χ4v) is 2.22. The highest BCUT2D eigenvalue weighted by atomic mass is 35.5. The Labute approximate surface area is 128 Å². The van der Waals surface area contributed by atoms with Crippen molar-refractivity contribution in [2.75, 3.05) is 5.32 Å². The van der Waals surface area contributed by atoms with Crippen LogP contribution in [-0.4, -0.2) is 14.8 Å². The molecule has 4 nitrogen and oxygen atoms in total. The van der Waals surface area contributed by atoms with E-state index in [1.54, 1.807) is 19.2 Å². The summed E-state index contributed by atoms with van der Waals surface area (Å²) in [7, 11) is 1.59. The first-order valence-corrected chi connectivity index (χ1v) is 6.65. The third-order valence-corrected chi connectivity index (χ3v) is 3.39. The molecule has 0 spiro atoms. The van der Waals surface area contributed by atoms with Crippen molar-refractivity contribution in [3.8, 4) is 0 Å². The summed E-state index contributed by atoms with van der Waals surface area (Å²) in [5, 5.41) is 8.17. The number of hydrogen-bond acceptors (Lipinski definition) is 3. The Balaban J connectivity index is 2.02. The van der Waals surface area contributed by atoms with Gasteiger partial charge >= 0.3 is 6.18 Å². The normalized spacial score (nSPS) is 11.9. The molecule has 0 radical (unpaired) electrons. The summed E-state index contributed by atoms with van der Waals surface area (Å²) >= 11 is 5.71. The maximum absolute atomic E-state index is 12.8. The standard InChI is InChI=1S/C14H10ClF3N4/c1-22-11-6-8(14(16,17)18)2-4-10(11)13(21-22)20-9-3-5-12(15)19-7-9/h2-7H,1H3,(H,20,21). The highest BCUT2D eigenvalue weighted by molar-refractivity contribution is 6.29. The number of aryl methyl sites for hydroxylation is 1. The minimum atomic E-state index is -4.38. The van der Waals surface area contributed by atoms with Crippen molar-refractivity contribution in [2.45, 2.75) is 6.18 Å². The molecular weight excluding hydrogens is 317 g/mol. The lowest BCUT2D eigenvalue weighted by Crippen LogP contribution is -2.04. The number of pyridine rings is 1. The first-order valence-electron chi connectivity index (χ1n) is 6.27. The zero-order chi connectivity index (χ0) is 15.9. The van der Waals surface area contributed by atoms with E-state index in [2.05, 4.69) is 15.4 Å². The van der Waals surface area contributed by atoms with Crippen molar-refractivity contribution >= 4 is 34.0 Å². The summed E-state index contributed by atoms with van der Waals surface area (Å²) in [5.41, 5.74) is 0.325. The van der Waals surface area contributed by atoms with Gasteiger partial charge in [0.1, 0.15) is 5.15 Å². The number of anilines is 2. The number of rotatable bonds is 2. The molecule has 114 valence electrons. The zero-order valence-electron chi connectivity index (χ0n) is 11.3. The summed E-state index contributed by atoms with van der Waals surface area (Å²) in [6, 6.07) is 6.83. The van der Waals surface area contributed by atoms with Crippen molar-refractivity contribution in [2.24, 2.45) is 7.05 Å². The average molecular weight is 327 g/mol. The summed E-state index contributed by atoms with van der Waals surface area (Å²) in [4.78, 5) is 3.93. The molecule has 0 fully saturated rings. The van der Waals surface area contributed by atoms with Gasteiger partial charge in [0.2, 0.25) is 0 Å². The van der Waals surface area contributed by atoms with Crippen molar-refractivity contribution in [3.05, 3.63) is 47.2 Å². The van der Waals surface area contributed by atoms with Gasteiger partial charge in [-0.25, -0.2) is 4.98 Å². The molecule has 1 N–H and O–H groups in total. The maximum Gasteiger partial charge on any atom is 0.416 e. The van der Waals surface area contributed by atoms with Crippen molar-refractivity contribution in [1.82, 2.24) is 14.8 Å². The van der Waals surface area contributed by atoms with Crippen LogP contribution in [0.25, 0.3) is 10.9 Å². The van der Waals surface area contributed by atoms with Gasteiger partial charge in [0.15, 0.2) is 5.82 Å². The van der Waals surface area contributed by atoms with E-state index < -0.39 is 11.7 Å². The molecule has 0 atom stereocenters. The van der Waals surface area contributed by atoms with E-state index in [0.717, 1.165) is 12.1 Å². The summed E-state index contributed by atoms with van der Waals surface area (Å²) in [6.07, 6.45) is -2.86. The number of fused-ring (bicyclic) bond motifs is 1. The van der Waals surface area contributed by atoms with Crippen LogP contribution < -0.4 is 5.32 Å². The summed E-state index contributed by atoms with van der Waals surface area (Å²) < 4.78 is 39.7. The predicted octanol–water partition coefficient (Wildman–Crippen LogP) is 4.38. The maximum atomic E-state index is 12.8. The molecular formula is C14H10ClF3N4. The number of aromatic nitrogens is 3.